The van der Waals surface area contributed by atoms with Gasteiger partial charge in [0.2, 0.25) is 3.54 Å². The minimum absolute atomic E-state index is 0.0192. The second-order valence-corrected chi connectivity index (χ2v) is 13.2. The van der Waals surface area contributed by atoms with Crippen LogP contribution in [-0.2, 0) is 14.8 Å². The van der Waals surface area contributed by atoms with Gasteiger partial charge in [0.05, 0.1) is 0 Å². The highest BCUT2D eigenvalue weighted by Gasteiger charge is 2.58. The summed E-state index contributed by atoms with van der Waals surface area (Å²) < 4.78 is 73.3. The Labute approximate surface area is 189 Å². The Bertz CT molecular complexity index is 881. The number of likely N-dealkylation sites (N-methyl/N-ethyl adjacent to an activating group) is 1. The van der Waals surface area contributed by atoms with Crippen LogP contribution in [-0.4, -0.2) is 54.1 Å². The summed E-state index contributed by atoms with van der Waals surface area (Å²) in [5, 5.41) is 1.57. The molecule has 0 amide bonds. The maximum Gasteiger partial charge on any atom is 0.415 e. The van der Waals surface area contributed by atoms with Crippen LogP contribution >= 0.6 is 50.9 Å². The van der Waals surface area contributed by atoms with Crippen molar-refractivity contribution in [1.82, 2.24) is 9.62 Å². The first-order valence-electron chi connectivity index (χ1n) is 8.52. The van der Waals surface area contributed by atoms with Crippen molar-refractivity contribution in [3.63, 3.8) is 0 Å². The maximum atomic E-state index is 13.7. The minimum atomic E-state index is -4.78. The lowest BCUT2D eigenvalue weighted by atomic mass is 9.95. The SMILES string of the molecule is CN1CC[C@@H](OC2=CC(NS(=O)(=O)C3(Cl)CC(Br)=CS3)=CCC2(Cl)C(F)(F)F)C1. The summed E-state index contributed by atoms with van der Waals surface area (Å²) in [6.07, 6.45) is -3.26. The Morgan fingerprint density at radius 3 is 2.62 bits per heavy atom. The van der Waals surface area contributed by atoms with Crippen molar-refractivity contribution in [3.05, 3.63) is 33.5 Å². The van der Waals surface area contributed by atoms with Gasteiger partial charge in [0, 0.05) is 42.2 Å². The number of halogens is 6. The molecule has 0 aromatic rings. The third-order valence-corrected chi connectivity index (χ3v) is 10.4. The molecule has 3 aliphatic rings. The number of rotatable bonds is 5. The van der Waals surface area contributed by atoms with Gasteiger partial charge in [0.1, 0.15) is 11.9 Å². The number of hydrogen-bond donors (Lipinski definition) is 1. The standard InChI is InChI=1S/C16H18BrCl2F3N2O3S2/c1-24-5-3-12(8-24)27-13-6-11(2-4-14(13,18)16(20,21)22)23-29(25,26)15(19)7-10(17)9-28-15/h2,6,9,12,23H,3-5,7-8H2,1H3/t12-,14?,15?/m1/s1. The Balaban J connectivity index is 1.85. The van der Waals surface area contributed by atoms with E-state index < -0.39 is 42.9 Å². The normalized spacial score (nSPS) is 33.9. The molecule has 3 rings (SSSR count). The zero-order chi connectivity index (χ0) is 21.7. The van der Waals surface area contributed by atoms with Gasteiger partial charge in [-0.1, -0.05) is 45.4 Å². The molecule has 1 aliphatic carbocycles. The summed E-state index contributed by atoms with van der Waals surface area (Å²) in [5.41, 5.74) is -0.0597. The third-order valence-electron chi connectivity index (χ3n) is 4.77. The number of sulfonamides is 1. The lowest BCUT2D eigenvalue weighted by Crippen LogP contribution is -2.45. The molecule has 164 valence electrons. The average Bonchev–Trinajstić information content (AvgIpc) is 3.15. The monoisotopic (exact) mass is 556 g/mol. The average molecular weight is 558 g/mol. The first kappa shape index (κ1) is 23.6. The van der Waals surface area contributed by atoms with Crippen molar-refractivity contribution in [1.29, 1.82) is 0 Å². The molecule has 0 spiro atoms. The Kier molecular flexibility index (Phi) is 6.61. The van der Waals surface area contributed by atoms with E-state index in [0.717, 1.165) is 23.9 Å². The highest BCUT2D eigenvalue weighted by atomic mass is 79.9. The zero-order valence-electron chi connectivity index (χ0n) is 15.1. The van der Waals surface area contributed by atoms with E-state index in [4.69, 9.17) is 27.9 Å². The molecule has 0 saturated carbocycles. The van der Waals surface area contributed by atoms with Crippen molar-refractivity contribution >= 4 is 60.9 Å². The summed E-state index contributed by atoms with van der Waals surface area (Å²) in [4.78, 5) is -0.828. The molecule has 0 aromatic carbocycles. The Hall–Kier alpha value is -0.0700. The van der Waals surface area contributed by atoms with Gasteiger partial charge < -0.3 is 9.64 Å². The lowest BCUT2D eigenvalue weighted by Gasteiger charge is -2.35. The van der Waals surface area contributed by atoms with E-state index in [9.17, 15) is 21.6 Å². The van der Waals surface area contributed by atoms with Crippen LogP contribution in [0.3, 0.4) is 0 Å². The summed E-state index contributed by atoms with van der Waals surface area (Å²) in [6, 6.07) is 0. The zero-order valence-corrected chi connectivity index (χ0v) is 19.8. The fraction of sp³-hybridized carbons (Fsp3) is 0.625. The van der Waals surface area contributed by atoms with E-state index in [1.807, 2.05) is 11.9 Å². The number of nitrogens with one attached hydrogen (secondary N) is 1. The highest BCUT2D eigenvalue weighted by molar-refractivity contribution is 9.11. The van der Waals surface area contributed by atoms with Gasteiger partial charge in [0.25, 0.3) is 10.0 Å². The number of thioether (sulfide) groups is 1. The molecular formula is C16H18BrCl2F3N2O3S2. The fourth-order valence-electron chi connectivity index (χ4n) is 3.12. The number of nitrogens with zero attached hydrogens (tertiary/aromatic N) is 1. The molecule has 0 aromatic heterocycles. The first-order valence-corrected chi connectivity index (χ1v) is 12.4. The number of allylic oxidation sites excluding steroid dienone is 4. The lowest BCUT2D eigenvalue weighted by molar-refractivity contribution is -0.163. The van der Waals surface area contributed by atoms with E-state index in [1.54, 1.807) is 5.41 Å². The van der Waals surface area contributed by atoms with Crippen LogP contribution in [0.1, 0.15) is 19.3 Å². The summed E-state index contributed by atoms with van der Waals surface area (Å²) in [6.45, 7) is 1.14. The van der Waals surface area contributed by atoms with Crippen LogP contribution in [0.4, 0.5) is 13.2 Å². The molecule has 0 radical (unpaired) electrons. The molecule has 3 atom stereocenters. The van der Waals surface area contributed by atoms with Gasteiger partial charge in [-0.05, 0) is 18.9 Å². The van der Waals surface area contributed by atoms with Crippen LogP contribution < -0.4 is 4.72 Å². The first-order chi connectivity index (χ1) is 13.3. The second kappa shape index (κ2) is 8.12. The number of alkyl halides is 5. The largest absolute Gasteiger partial charge is 0.491 e. The summed E-state index contributed by atoms with van der Waals surface area (Å²) in [5.74, 6) is -0.519. The van der Waals surface area contributed by atoms with Crippen LogP contribution in [0.25, 0.3) is 0 Å². The Morgan fingerprint density at radius 1 is 1.41 bits per heavy atom. The minimum Gasteiger partial charge on any atom is -0.491 e. The van der Waals surface area contributed by atoms with E-state index >= 15 is 0 Å². The fourth-order valence-corrected chi connectivity index (χ4v) is 7.27. The van der Waals surface area contributed by atoms with Gasteiger partial charge in [0.15, 0.2) is 4.87 Å². The van der Waals surface area contributed by atoms with Crippen molar-refractivity contribution in [2.24, 2.45) is 0 Å². The van der Waals surface area contributed by atoms with Gasteiger partial charge >= 0.3 is 6.18 Å². The molecular weight excluding hydrogens is 540 g/mol. The summed E-state index contributed by atoms with van der Waals surface area (Å²) in [7, 11) is -2.29. The van der Waals surface area contributed by atoms with E-state index in [2.05, 4.69) is 20.7 Å². The topological polar surface area (TPSA) is 58.6 Å². The Morgan fingerprint density at radius 2 is 2.10 bits per heavy atom. The highest BCUT2D eigenvalue weighted by Crippen LogP contribution is 2.51. The van der Waals surface area contributed by atoms with Gasteiger partial charge in [-0.3, -0.25) is 4.72 Å². The van der Waals surface area contributed by atoms with Crippen LogP contribution in [0, 0.1) is 0 Å². The molecule has 0 bridgehead atoms. The van der Waals surface area contributed by atoms with Crippen LogP contribution in [0.2, 0.25) is 0 Å². The number of ether oxygens (including phenoxy) is 1. The van der Waals surface area contributed by atoms with E-state index in [-0.39, 0.29) is 12.1 Å². The quantitative estimate of drug-likeness (QED) is 0.500. The van der Waals surface area contributed by atoms with E-state index in [0.29, 0.717) is 24.0 Å². The smallest absolute Gasteiger partial charge is 0.415 e. The summed E-state index contributed by atoms with van der Waals surface area (Å²) >= 11 is 16.3. The molecule has 1 fully saturated rings. The molecule has 5 nitrogen and oxygen atoms in total. The molecule has 29 heavy (non-hydrogen) atoms. The molecule has 1 N–H and O–H groups in total. The van der Waals surface area contributed by atoms with Gasteiger partial charge in [-0.2, -0.15) is 13.2 Å². The van der Waals surface area contributed by atoms with Crippen LogP contribution in [0.15, 0.2) is 33.5 Å². The third kappa shape index (κ3) is 4.74. The predicted octanol–water partition coefficient (Wildman–Crippen LogP) is 4.60. The maximum absolute atomic E-state index is 13.7. The van der Waals surface area contributed by atoms with Crippen molar-refractivity contribution < 1.29 is 26.3 Å². The van der Waals surface area contributed by atoms with Crippen molar-refractivity contribution in [2.75, 3.05) is 20.1 Å². The van der Waals surface area contributed by atoms with Crippen molar-refractivity contribution in [2.45, 2.75) is 40.0 Å². The second-order valence-electron chi connectivity index (χ2n) is 7.09. The molecule has 2 aliphatic heterocycles. The number of likely N-dealkylation sites (tertiary alicyclic amines) is 1. The van der Waals surface area contributed by atoms with E-state index in [1.165, 1.54) is 0 Å². The van der Waals surface area contributed by atoms with Gasteiger partial charge in [-0.25, -0.2) is 8.42 Å². The molecule has 1 saturated heterocycles. The predicted molar refractivity (Wildman–Crippen MR) is 112 cm³/mol. The molecule has 13 heteroatoms. The van der Waals surface area contributed by atoms with Crippen LogP contribution in [0.5, 0.6) is 0 Å². The van der Waals surface area contributed by atoms with Gasteiger partial charge in [-0.15, -0.1) is 11.6 Å². The molecule has 2 heterocycles. The molecule has 2 unspecified atom stereocenters. The van der Waals surface area contributed by atoms with Crippen molar-refractivity contribution in [3.8, 4) is 0 Å². The number of hydrogen-bond acceptors (Lipinski definition) is 5.